The van der Waals surface area contributed by atoms with Gasteiger partial charge >= 0.3 is 0 Å². The van der Waals surface area contributed by atoms with Crippen molar-refractivity contribution in [2.45, 2.75) is 19.8 Å². The molecule has 0 radical (unpaired) electrons. The number of ether oxygens (including phenoxy) is 1. The van der Waals surface area contributed by atoms with E-state index in [-0.39, 0.29) is 0 Å². The molecule has 1 aromatic carbocycles. The number of hydrogen-bond acceptors (Lipinski definition) is 3. The molecule has 0 saturated carbocycles. The molecule has 16 heavy (non-hydrogen) atoms. The Bertz CT molecular complexity index is 365. The van der Waals surface area contributed by atoms with E-state index in [4.69, 9.17) is 10.5 Å². The average Bonchev–Trinajstić information content (AvgIpc) is 2.28. The van der Waals surface area contributed by atoms with Gasteiger partial charge in [0.1, 0.15) is 5.75 Å². The van der Waals surface area contributed by atoms with Crippen LogP contribution in [0.5, 0.6) is 5.75 Å². The van der Waals surface area contributed by atoms with Crippen LogP contribution in [-0.4, -0.2) is 20.2 Å². The summed E-state index contributed by atoms with van der Waals surface area (Å²) >= 11 is 0. The Morgan fingerprint density at radius 3 is 2.94 bits per heavy atom. The van der Waals surface area contributed by atoms with Gasteiger partial charge < -0.3 is 15.4 Å². The third kappa shape index (κ3) is 2.23. The number of piperidine rings is 1. The summed E-state index contributed by atoms with van der Waals surface area (Å²) in [5.74, 6) is 1.64. The minimum atomic E-state index is 0.755. The Labute approximate surface area is 97.2 Å². The second-order valence-corrected chi connectivity index (χ2v) is 4.62. The molecule has 3 heteroatoms. The Morgan fingerprint density at radius 1 is 1.44 bits per heavy atom. The number of methoxy groups -OCH3 is 1. The molecule has 0 aromatic heterocycles. The predicted octanol–water partition coefficient (Wildman–Crippen LogP) is 2.51. The van der Waals surface area contributed by atoms with Gasteiger partial charge in [-0.2, -0.15) is 0 Å². The number of nitrogen functional groups attached to an aromatic ring is 1. The first kappa shape index (κ1) is 11.1. The van der Waals surface area contributed by atoms with E-state index >= 15 is 0 Å². The molecular weight excluding hydrogens is 200 g/mol. The molecular formula is C13H20N2O. The Morgan fingerprint density at radius 2 is 2.25 bits per heavy atom. The maximum Gasteiger partial charge on any atom is 0.144 e. The molecule has 0 bridgehead atoms. The van der Waals surface area contributed by atoms with Gasteiger partial charge in [-0.05, 0) is 30.9 Å². The van der Waals surface area contributed by atoms with Crippen molar-refractivity contribution in [2.75, 3.05) is 30.8 Å². The lowest BCUT2D eigenvalue weighted by Crippen LogP contribution is -2.34. The van der Waals surface area contributed by atoms with Crippen LogP contribution in [0.4, 0.5) is 11.4 Å². The molecule has 0 amide bonds. The Kier molecular flexibility index (Phi) is 3.22. The minimum Gasteiger partial charge on any atom is -0.495 e. The molecule has 3 nitrogen and oxygen atoms in total. The Balaban J connectivity index is 2.24. The van der Waals surface area contributed by atoms with Crippen molar-refractivity contribution in [1.82, 2.24) is 0 Å². The van der Waals surface area contributed by atoms with Crippen molar-refractivity contribution in [1.29, 1.82) is 0 Å². The van der Waals surface area contributed by atoms with Gasteiger partial charge in [-0.1, -0.05) is 6.92 Å². The van der Waals surface area contributed by atoms with E-state index in [1.165, 1.54) is 18.5 Å². The zero-order valence-corrected chi connectivity index (χ0v) is 10.1. The highest BCUT2D eigenvalue weighted by molar-refractivity contribution is 5.64. The summed E-state index contributed by atoms with van der Waals surface area (Å²) < 4.78 is 5.39. The van der Waals surface area contributed by atoms with Crippen LogP contribution in [0.15, 0.2) is 18.2 Å². The smallest absolute Gasteiger partial charge is 0.144 e. The van der Waals surface area contributed by atoms with Crippen LogP contribution in [0.2, 0.25) is 0 Å². The number of rotatable bonds is 2. The molecule has 1 aliphatic heterocycles. The van der Waals surface area contributed by atoms with Crippen LogP contribution in [0.3, 0.4) is 0 Å². The predicted molar refractivity (Wildman–Crippen MR) is 68.0 cm³/mol. The van der Waals surface area contributed by atoms with Crippen LogP contribution in [0.25, 0.3) is 0 Å². The van der Waals surface area contributed by atoms with Crippen molar-refractivity contribution in [3.05, 3.63) is 18.2 Å². The van der Waals surface area contributed by atoms with Gasteiger partial charge in [0.15, 0.2) is 0 Å². The number of hydrogen-bond donors (Lipinski definition) is 1. The number of anilines is 2. The van der Waals surface area contributed by atoms with Gasteiger partial charge in [0.05, 0.1) is 12.8 Å². The first-order valence-corrected chi connectivity index (χ1v) is 5.89. The largest absolute Gasteiger partial charge is 0.495 e. The van der Waals surface area contributed by atoms with Crippen LogP contribution < -0.4 is 15.4 Å². The fourth-order valence-corrected chi connectivity index (χ4v) is 2.36. The molecule has 1 saturated heterocycles. The van der Waals surface area contributed by atoms with E-state index in [2.05, 4.69) is 17.9 Å². The second kappa shape index (κ2) is 4.64. The zero-order valence-electron chi connectivity index (χ0n) is 10.1. The molecule has 88 valence electrons. The summed E-state index contributed by atoms with van der Waals surface area (Å²) in [7, 11) is 1.70. The monoisotopic (exact) mass is 220 g/mol. The maximum atomic E-state index is 5.76. The number of nitrogens with zero attached hydrogens (tertiary/aromatic N) is 1. The van der Waals surface area contributed by atoms with Gasteiger partial charge in [0, 0.05) is 24.8 Å². The lowest BCUT2D eigenvalue weighted by atomic mass is 9.99. The first-order valence-electron chi connectivity index (χ1n) is 5.89. The van der Waals surface area contributed by atoms with Gasteiger partial charge in [-0.15, -0.1) is 0 Å². The molecule has 2 rings (SSSR count). The lowest BCUT2D eigenvalue weighted by Gasteiger charge is -2.33. The standard InChI is InChI=1S/C13H20N2O/c1-10-4-3-7-15(9-10)12-6-5-11(14)8-13(12)16-2/h5-6,8,10H,3-4,7,9,14H2,1-2H3. The molecule has 1 aliphatic rings. The SMILES string of the molecule is COc1cc(N)ccc1N1CCCC(C)C1. The minimum absolute atomic E-state index is 0.755. The van der Waals surface area contributed by atoms with Gasteiger partial charge in [-0.25, -0.2) is 0 Å². The average molecular weight is 220 g/mol. The third-order valence-corrected chi connectivity index (χ3v) is 3.20. The highest BCUT2D eigenvalue weighted by atomic mass is 16.5. The molecule has 2 N–H and O–H groups in total. The van der Waals surface area contributed by atoms with Gasteiger partial charge in [0.2, 0.25) is 0 Å². The topological polar surface area (TPSA) is 38.5 Å². The van der Waals surface area contributed by atoms with E-state index < -0.39 is 0 Å². The molecule has 1 atom stereocenters. The van der Waals surface area contributed by atoms with Crippen LogP contribution in [0.1, 0.15) is 19.8 Å². The van der Waals surface area contributed by atoms with E-state index in [0.717, 1.165) is 30.4 Å². The highest BCUT2D eigenvalue weighted by Crippen LogP contribution is 2.32. The first-order chi connectivity index (χ1) is 7.70. The quantitative estimate of drug-likeness (QED) is 0.778. The summed E-state index contributed by atoms with van der Waals surface area (Å²) in [5, 5.41) is 0. The van der Waals surface area contributed by atoms with Crippen molar-refractivity contribution in [2.24, 2.45) is 5.92 Å². The number of nitrogens with two attached hydrogens (primary N) is 1. The second-order valence-electron chi connectivity index (χ2n) is 4.62. The molecule has 0 aliphatic carbocycles. The fourth-order valence-electron chi connectivity index (χ4n) is 2.36. The zero-order chi connectivity index (χ0) is 11.5. The summed E-state index contributed by atoms with van der Waals surface area (Å²) in [6.07, 6.45) is 2.59. The molecule has 1 aromatic rings. The molecule has 1 fully saturated rings. The normalized spacial score (nSPS) is 20.9. The maximum absolute atomic E-state index is 5.76. The fraction of sp³-hybridized carbons (Fsp3) is 0.538. The van der Waals surface area contributed by atoms with Crippen molar-refractivity contribution >= 4 is 11.4 Å². The van der Waals surface area contributed by atoms with Crippen molar-refractivity contribution < 1.29 is 4.74 Å². The van der Waals surface area contributed by atoms with E-state index in [1.54, 1.807) is 7.11 Å². The van der Waals surface area contributed by atoms with Gasteiger partial charge in [-0.3, -0.25) is 0 Å². The van der Waals surface area contributed by atoms with Crippen molar-refractivity contribution in [3.63, 3.8) is 0 Å². The summed E-state index contributed by atoms with van der Waals surface area (Å²) in [4.78, 5) is 2.40. The Hall–Kier alpha value is -1.38. The van der Waals surface area contributed by atoms with Crippen LogP contribution >= 0.6 is 0 Å². The molecule has 0 spiro atoms. The highest BCUT2D eigenvalue weighted by Gasteiger charge is 2.19. The van der Waals surface area contributed by atoms with E-state index in [9.17, 15) is 0 Å². The van der Waals surface area contributed by atoms with Gasteiger partial charge in [0.25, 0.3) is 0 Å². The van der Waals surface area contributed by atoms with Crippen LogP contribution in [-0.2, 0) is 0 Å². The summed E-state index contributed by atoms with van der Waals surface area (Å²) in [6, 6.07) is 5.90. The third-order valence-electron chi connectivity index (χ3n) is 3.20. The van der Waals surface area contributed by atoms with Crippen molar-refractivity contribution in [3.8, 4) is 5.75 Å². The van der Waals surface area contributed by atoms with Crippen LogP contribution in [0, 0.1) is 5.92 Å². The molecule has 1 heterocycles. The summed E-state index contributed by atoms with van der Waals surface area (Å²) in [5.41, 5.74) is 7.69. The van der Waals surface area contributed by atoms with E-state index in [0.29, 0.717) is 0 Å². The summed E-state index contributed by atoms with van der Waals surface area (Å²) in [6.45, 7) is 4.53. The molecule has 1 unspecified atom stereocenters. The number of benzene rings is 1. The van der Waals surface area contributed by atoms with E-state index in [1.807, 2.05) is 12.1 Å². The lowest BCUT2D eigenvalue weighted by molar-refractivity contribution is 0.405.